The molecule has 2 heterocycles. The van der Waals surface area contributed by atoms with Gasteiger partial charge in [0.15, 0.2) is 5.82 Å². The first kappa shape index (κ1) is 14.9. The van der Waals surface area contributed by atoms with Crippen molar-refractivity contribution in [1.82, 2.24) is 10.2 Å². The van der Waals surface area contributed by atoms with Gasteiger partial charge in [0.1, 0.15) is 0 Å². The van der Waals surface area contributed by atoms with Crippen LogP contribution >= 0.6 is 0 Å². The number of aromatic amines is 1. The summed E-state index contributed by atoms with van der Waals surface area (Å²) < 4.78 is 12.0. The quantitative estimate of drug-likeness (QED) is 0.808. The Morgan fingerprint density at radius 3 is 3.04 bits per heavy atom. The summed E-state index contributed by atoms with van der Waals surface area (Å²) in [6.45, 7) is 0. The predicted molar refractivity (Wildman–Crippen MR) is 90.5 cm³/mol. The number of aromatic nitrogens is 2. The first-order chi connectivity index (χ1) is 11.2. The second-order valence-electron chi connectivity index (χ2n) is 6.47. The van der Waals surface area contributed by atoms with Crippen molar-refractivity contribution >= 4 is 22.3 Å². The summed E-state index contributed by atoms with van der Waals surface area (Å²) >= 11 is 0. The highest BCUT2D eigenvalue weighted by atomic mass is 32.2. The van der Waals surface area contributed by atoms with E-state index in [2.05, 4.69) is 21.6 Å². The van der Waals surface area contributed by atoms with E-state index in [0.29, 0.717) is 5.92 Å². The van der Waals surface area contributed by atoms with Crippen LogP contribution in [0.15, 0.2) is 29.2 Å². The zero-order chi connectivity index (χ0) is 15.8. The third-order valence-corrected chi connectivity index (χ3v) is 6.34. The van der Waals surface area contributed by atoms with Crippen LogP contribution in [0.5, 0.6) is 0 Å². The summed E-state index contributed by atoms with van der Waals surface area (Å²) in [5.74, 6) is 1.94. The molecule has 1 aliphatic carbocycles. The Balaban J connectivity index is 1.50. The van der Waals surface area contributed by atoms with Gasteiger partial charge in [-0.25, -0.2) is 0 Å². The Kier molecular flexibility index (Phi) is 3.95. The highest BCUT2D eigenvalue weighted by Crippen LogP contribution is 2.34. The van der Waals surface area contributed by atoms with E-state index < -0.39 is 10.8 Å². The third kappa shape index (κ3) is 3.05. The van der Waals surface area contributed by atoms with Crippen LogP contribution in [-0.4, -0.2) is 31.4 Å². The topological polar surface area (TPSA) is 78.0 Å². The number of aliphatic hydroxyl groups excluding tert-OH is 1. The SMILES string of the molecule is O=S1CCCc2cc(Nc3cc(C4CCC(O)C4)[nH]n3)ccc21. The molecular formula is C17H21N3O2S. The normalized spacial score (nSPS) is 26.9. The second kappa shape index (κ2) is 6.09. The van der Waals surface area contributed by atoms with Crippen LogP contribution in [0.25, 0.3) is 0 Å². The number of rotatable bonds is 3. The number of nitrogens with one attached hydrogen (secondary N) is 2. The molecule has 3 unspecified atom stereocenters. The van der Waals surface area contributed by atoms with Crippen LogP contribution in [0.1, 0.15) is 42.9 Å². The van der Waals surface area contributed by atoms with Gasteiger partial charge in [-0.2, -0.15) is 5.10 Å². The lowest BCUT2D eigenvalue weighted by Gasteiger charge is -2.16. The Hall–Kier alpha value is -1.66. The smallest absolute Gasteiger partial charge is 0.152 e. The van der Waals surface area contributed by atoms with Gasteiger partial charge in [-0.3, -0.25) is 9.31 Å². The van der Waals surface area contributed by atoms with Gasteiger partial charge >= 0.3 is 0 Å². The van der Waals surface area contributed by atoms with Crippen LogP contribution < -0.4 is 5.32 Å². The van der Waals surface area contributed by atoms with Gasteiger partial charge in [0.05, 0.1) is 16.9 Å². The average molecular weight is 331 g/mol. The van der Waals surface area contributed by atoms with Gasteiger partial charge in [0.2, 0.25) is 0 Å². The van der Waals surface area contributed by atoms with E-state index in [-0.39, 0.29) is 6.10 Å². The average Bonchev–Trinajstić information content (AvgIpc) is 3.16. The molecule has 0 saturated heterocycles. The fourth-order valence-corrected chi connectivity index (χ4v) is 4.88. The minimum Gasteiger partial charge on any atom is -0.393 e. The first-order valence-electron chi connectivity index (χ1n) is 8.21. The molecule has 1 aromatic carbocycles. The van der Waals surface area contributed by atoms with Crippen molar-refractivity contribution in [1.29, 1.82) is 0 Å². The molecule has 0 spiro atoms. The van der Waals surface area contributed by atoms with Crippen molar-refractivity contribution in [3.8, 4) is 0 Å². The maximum Gasteiger partial charge on any atom is 0.152 e. The summed E-state index contributed by atoms with van der Waals surface area (Å²) in [6.07, 6.45) is 4.48. The molecule has 1 aliphatic heterocycles. The van der Waals surface area contributed by atoms with Crippen molar-refractivity contribution in [3.05, 3.63) is 35.5 Å². The zero-order valence-electron chi connectivity index (χ0n) is 12.9. The molecule has 1 fully saturated rings. The molecule has 2 aliphatic rings. The van der Waals surface area contributed by atoms with Crippen molar-refractivity contribution in [2.75, 3.05) is 11.1 Å². The van der Waals surface area contributed by atoms with Crippen LogP contribution in [0.4, 0.5) is 11.5 Å². The molecule has 0 radical (unpaired) electrons. The molecule has 122 valence electrons. The minimum absolute atomic E-state index is 0.179. The minimum atomic E-state index is -0.844. The summed E-state index contributed by atoms with van der Waals surface area (Å²) in [6, 6.07) is 8.05. The van der Waals surface area contributed by atoms with E-state index in [1.54, 1.807) is 0 Å². The van der Waals surface area contributed by atoms with Crippen molar-refractivity contribution in [3.63, 3.8) is 0 Å². The molecule has 3 atom stereocenters. The van der Waals surface area contributed by atoms with E-state index in [1.807, 2.05) is 18.2 Å². The standard InChI is InChI=1S/C17H21N3O2S/c21-14-5-3-11(9-14)15-10-17(20-19-15)18-13-4-6-16-12(8-13)2-1-7-23(16)22/h4,6,8,10-11,14,21H,1-3,5,7,9H2,(H2,18,19,20). The summed E-state index contributed by atoms with van der Waals surface area (Å²) in [5.41, 5.74) is 3.24. The highest BCUT2D eigenvalue weighted by molar-refractivity contribution is 7.85. The van der Waals surface area contributed by atoms with E-state index in [4.69, 9.17) is 0 Å². The fourth-order valence-electron chi connectivity index (χ4n) is 3.58. The number of aliphatic hydroxyl groups is 1. The number of anilines is 2. The monoisotopic (exact) mass is 331 g/mol. The van der Waals surface area contributed by atoms with E-state index >= 15 is 0 Å². The molecule has 2 aromatic rings. The first-order valence-corrected chi connectivity index (χ1v) is 9.52. The molecule has 0 bridgehead atoms. The number of fused-ring (bicyclic) bond motifs is 1. The van der Waals surface area contributed by atoms with E-state index in [1.165, 1.54) is 5.56 Å². The van der Waals surface area contributed by atoms with Crippen molar-refractivity contribution in [2.24, 2.45) is 0 Å². The van der Waals surface area contributed by atoms with E-state index in [9.17, 15) is 9.32 Å². The van der Waals surface area contributed by atoms with Crippen LogP contribution in [-0.2, 0) is 17.2 Å². The van der Waals surface area contributed by atoms with Crippen LogP contribution in [0.2, 0.25) is 0 Å². The van der Waals surface area contributed by atoms with Gasteiger partial charge in [-0.1, -0.05) is 0 Å². The molecular weight excluding hydrogens is 310 g/mol. The number of H-pyrrole nitrogens is 1. The second-order valence-corrected chi connectivity index (χ2v) is 8.01. The maximum absolute atomic E-state index is 12.0. The third-order valence-electron chi connectivity index (χ3n) is 4.80. The highest BCUT2D eigenvalue weighted by Gasteiger charge is 2.25. The fraction of sp³-hybridized carbons (Fsp3) is 0.471. The van der Waals surface area contributed by atoms with Crippen LogP contribution in [0.3, 0.4) is 0 Å². The Bertz CT molecular complexity index is 743. The number of benzene rings is 1. The molecule has 1 saturated carbocycles. The Labute approximate surface area is 138 Å². The Morgan fingerprint density at radius 1 is 1.30 bits per heavy atom. The molecule has 4 rings (SSSR count). The van der Waals surface area contributed by atoms with Crippen LogP contribution in [0, 0.1) is 0 Å². The molecule has 23 heavy (non-hydrogen) atoms. The Morgan fingerprint density at radius 2 is 2.22 bits per heavy atom. The largest absolute Gasteiger partial charge is 0.393 e. The summed E-state index contributed by atoms with van der Waals surface area (Å²) in [4.78, 5) is 0.976. The molecule has 3 N–H and O–H groups in total. The number of nitrogens with zero attached hydrogens (tertiary/aromatic N) is 1. The van der Waals surface area contributed by atoms with Gasteiger partial charge < -0.3 is 10.4 Å². The lowest BCUT2D eigenvalue weighted by atomic mass is 10.0. The lowest BCUT2D eigenvalue weighted by molar-refractivity contribution is 0.181. The lowest BCUT2D eigenvalue weighted by Crippen LogP contribution is -2.10. The molecule has 5 nitrogen and oxygen atoms in total. The van der Waals surface area contributed by atoms with Gasteiger partial charge in [0, 0.05) is 34.0 Å². The number of hydrogen-bond acceptors (Lipinski definition) is 4. The summed E-state index contributed by atoms with van der Waals surface area (Å²) in [5, 5.41) is 20.4. The summed E-state index contributed by atoms with van der Waals surface area (Å²) in [7, 11) is -0.844. The van der Waals surface area contributed by atoms with Crippen molar-refractivity contribution in [2.45, 2.75) is 49.0 Å². The van der Waals surface area contributed by atoms with Crippen molar-refractivity contribution < 1.29 is 9.32 Å². The van der Waals surface area contributed by atoms with E-state index in [0.717, 1.165) is 60.0 Å². The van der Waals surface area contributed by atoms with Gasteiger partial charge in [-0.15, -0.1) is 0 Å². The van der Waals surface area contributed by atoms with Gasteiger partial charge in [-0.05, 0) is 55.9 Å². The van der Waals surface area contributed by atoms with Gasteiger partial charge in [0.25, 0.3) is 0 Å². The number of hydrogen-bond donors (Lipinski definition) is 3. The molecule has 1 aromatic heterocycles. The maximum atomic E-state index is 12.0. The molecule has 0 amide bonds. The predicted octanol–water partition coefficient (Wildman–Crippen LogP) is 2.84. The molecule has 6 heteroatoms. The number of aryl methyl sites for hydroxylation is 1. The zero-order valence-corrected chi connectivity index (χ0v) is 13.7.